The molecule has 0 bridgehead atoms. The molecule has 1 radical (unpaired) electrons. The molecular weight excluding hydrogens is 317 g/mol. The van der Waals surface area contributed by atoms with Crippen LogP contribution in [0, 0.1) is 14.4 Å². The van der Waals surface area contributed by atoms with E-state index in [1.807, 2.05) is 11.3 Å². The third kappa shape index (κ3) is 3.94. The number of thiophene rings is 1. The number of aryl methyl sites for hydroxylation is 1. The molecule has 0 aliphatic rings. The number of hydrogen-bond acceptors (Lipinski definition) is 2. The summed E-state index contributed by atoms with van der Waals surface area (Å²) in [5.41, 5.74) is 2.55. The first kappa shape index (κ1) is 16.3. The summed E-state index contributed by atoms with van der Waals surface area (Å²) < 4.78 is 0. The minimum absolute atomic E-state index is 0. The summed E-state index contributed by atoms with van der Waals surface area (Å²) in [6.45, 7) is 2.14. The SMILES string of the molecule is Cc1ccc(-c2ccc(N(C)C)cc2)s1.[CH3-].[Rh]. The number of nitrogens with zero attached hydrogens (tertiary/aromatic N) is 1. The van der Waals surface area contributed by atoms with E-state index < -0.39 is 0 Å². The summed E-state index contributed by atoms with van der Waals surface area (Å²) >= 11 is 1.84. The minimum Gasteiger partial charge on any atom is -0.378 e. The summed E-state index contributed by atoms with van der Waals surface area (Å²) in [6.07, 6.45) is 0. The molecule has 0 N–H and O–H groups in total. The van der Waals surface area contributed by atoms with Crippen molar-refractivity contribution in [1.82, 2.24) is 0 Å². The van der Waals surface area contributed by atoms with Crippen molar-refractivity contribution in [2.24, 2.45) is 0 Å². The molecule has 0 fully saturated rings. The van der Waals surface area contributed by atoms with Crippen LogP contribution in [0.25, 0.3) is 10.4 Å². The summed E-state index contributed by atoms with van der Waals surface area (Å²) in [5.74, 6) is 0. The normalized spacial score (nSPS) is 9.12. The maximum atomic E-state index is 2.19. The number of anilines is 1. The van der Waals surface area contributed by atoms with Crippen molar-refractivity contribution in [2.45, 2.75) is 6.92 Å². The van der Waals surface area contributed by atoms with Gasteiger partial charge in [-0.25, -0.2) is 0 Å². The molecule has 0 spiro atoms. The molecule has 0 aliphatic carbocycles. The smallest absolute Gasteiger partial charge is 0.0361 e. The van der Waals surface area contributed by atoms with Crippen LogP contribution in [0.3, 0.4) is 0 Å². The van der Waals surface area contributed by atoms with Crippen molar-refractivity contribution in [1.29, 1.82) is 0 Å². The Morgan fingerprint density at radius 2 is 1.53 bits per heavy atom. The molecule has 2 rings (SSSR count). The number of benzene rings is 1. The van der Waals surface area contributed by atoms with Gasteiger partial charge in [-0.2, -0.15) is 0 Å². The largest absolute Gasteiger partial charge is 0.378 e. The van der Waals surface area contributed by atoms with Gasteiger partial charge in [0.2, 0.25) is 0 Å². The van der Waals surface area contributed by atoms with Crippen LogP contribution in [0.1, 0.15) is 4.88 Å². The van der Waals surface area contributed by atoms with Crippen LogP contribution in [-0.2, 0) is 19.5 Å². The van der Waals surface area contributed by atoms with Crippen LogP contribution in [0.2, 0.25) is 0 Å². The quantitative estimate of drug-likeness (QED) is 0.586. The van der Waals surface area contributed by atoms with Gasteiger partial charge >= 0.3 is 0 Å². The molecule has 1 nitrogen and oxygen atoms in total. The molecule has 0 saturated heterocycles. The van der Waals surface area contributed by atoms with Gasteiger partial charge in [0.05, 0.1) is 0 Å². The Kier molecular flexibility index (Phi) is 6.66. The summed E-state index contributed by atoms with van der Waals surface area (Å²) in [5, 5.41) is 0. The first-order valence-electron chi connectivity index (χ1n) is 5.01. The Morgan fingerprint density at radius 1 is 0.941 bits per heavy atom. The maximum Gasteiger partial charge on any atom is 0.0361 e. The van der Waals surface area contributed by atoms with E-state index in [0.717, 1.165) is 0 Å². The molecule has 2 aromatic rings. The Morgan fingerprint density at radius 3 is 1.94 bits per heavy atom. The molecule has 0 atom stereocenters. The number of rotatable bonds is 2. The Hall–Kier alpha value is -0.657. The standard InChI is InChI=1S/C13H15NS.CH3.Rh/c1-10-4-9-13(15-10)11-5-7-12(8-6-11)14(2)3;;/h4-9H,1-3H3;1H3;/q;-1;. The fourth-order valence-corrected chi connectivity index (χ4v) is 2.39. The van der Waals surface area contributed by atoms with Gasteiger partial charge in [0, 0.05) is 49.0 Å². The third-order valence-corrected chi connectivity index (χ3v) is 3.46. The number of hydrogen-bond donors (Lipinski definition) is 0. The van der Waals surface area contributed by atoms with Crippen LogP contribution in [0.5, 0.6) is 0 Å². The molecule has 1 aromatic heterocycles. The molecule has 3 heteroatoms. The Bertz CT molecular complexity index is 446. The van der Waals surface area contributed by atoms with Gasteiger partial charge in [0.25, 0.3) is 0 Å². The molecule has 0 unspecified atom stereocenters. The predicted molar refractivity (Wildman–Crippen MR) is 75.2 cm³/mol. The molecule has 1 aromatic carbocycles. The van der Waals surface area contributed by atoms with E-state index in [0.29, 0.717) is 0 Å². The van der Waals surface area contributed by atoms with Crippen molar-refractivity contribution in [2.75, 3.05) is 19.0 Å². The first-order valence-corrected chi connectivity index (χ1v) is 5.82. The fourth-order valence-electron chi connectivity index (χ4n) is 1.51. The Labute approximate surface area is 121 Å². The van der Waals surface area contributed by atoms with Gasteiger partial charge in [-0.15, -0.1) is 11.3 Å². The van der Waals surface area contributed by atoms with Gasteiger partial charge in [-0.1, -0.05) is 12.1 Å². The molecular formula is C14H18NRhS-. The Balaban J connectivity index is 0.00000128. The molecule has 0 aliphatic heterocycles. The van der Waals surface area contributed by atoms with Crippen molar-refractivity contribution < 1.29 is 19.5 Å². The minimum atomic E-state index is 0. The molecule has 0 saturated carbocycles. The van der Waals surface area contributed by atoms with E-state index in [4.69, 9.17) is 0 Å². The summed E-state index contributed by atoms with van der Waals surface area (Å²) in [7, 11) is 4.12. The van der Waals surface area contributed by atoms with Crippen LogP contribution in [-0.4, -0.2) is 14.1 Å². The second-order valence-corrected chi connectivity index (χ2v) is 5.14. The fraction of sp³-hybridized carbons (Fsp3) is 0.214. The van der Waals surface area contributed by atoms with E-state index in [9.17, 15) is 0 Å². The molecule has 1 heterocycles. The zero-order chi connectivity index (χ0) is 10.8. The van der Waals surface area contributed by atoms with Gasteiger partial charge in [-0.05, 0) is 36.8 Å². The second-order valence-electron chi connectivity index (χ2n) is 3.85. The van der Waals surface area contributed by atoms with Gasteiger partial charge in [0.1, 0.15) is 0 Å². The van der Waals surface area contributed by atoms with E-state index in [1.54, 1.807) is 0 Å². The zero-order valence-corrected chi connectivity index (χ0v) is 13.1. The van der Waals surface area contributed by atoms with Crippen molar-refractivity contribution in [3.63, 3.8) is 0 Å². The van der Waals surface area contributed by atoms with Crippen LogP contribution in [0.4, 0.5) is 5.69 Å². The maximum absolute atomic E-state index is 2.19. The molecule has 95 valence electrons. The molecule has 17 heavy (non-hydrogen) atoms. The van der Waals surface area contributed by atoms with E-state index >= 15 is 0 Å². The average Bonchev–Trinajstić information content (AvgIpc) is 2.65. The van der Waals surface area contributed by atoms with Gasteiger partial charge in [0.15, 0.2) is 0 Å². The summed E-state index contributed by atoms with van der Waals surface area (Å²) in [6, 6.07) is 13.0. The van der Waals surface area contributed by atoms with Crippen molar-refractivity contribution >= 4 is 17.0 Å². The van der Waals surface area contributed by atoms with Crippen molar-refractivity contribution in [3.05, 3.63) is 48.7 Å². The van der Waals surface area contributed by atoms with Crippen LogP contribution in [0.15, 0.2) is 36.4 Å². The predicted octanol–water partition coefficient (Wildman–Crippen LogP) is 4.24. The van der Waals surface area contributed by atoms with E-state index in [2.05, 4.69) is 62.3 Å². The van der Waals surface area contributed by atoms with Crippen LogP contribution >= 0.6 is 11.3 Å². The first-order chi connectivity index (χ1) is 7.16. The second kappa shape index (κ2) is 6.93. The average molecular weight is 335 g/mol. The van der Waals surface area contributed by atoms with E-state index in [1.165, 1.54) is 21.0 Å². The topological polar surface area (TPSA) is 3.24 Å². The monoisotopic (exact) mass is 335 g/mol. The van der Waals surface area contributed by atoms with Crippen LogP contribution < -0.4 is 4.90 Å². The summed E-state index contributed by atoms with van der Waals surface area (Å²) in [4.78, 5) is 4.82. The third-order valence-electron chi connectivity index (χ3n) is 2.41. The van der Waals surface area contributed by atoms with Gasteiger partial charge < -0.3 is 12.3 Å². The van der Waals surface area contributed by atoms with E-state index in [-0.39, 0.29) is 26.9 Å². The van der Waals surface area contributed by atoms with Crippen molar-refractivity contribution in [3.8, 4) is 10.4 Å². The van der Waals surface area contributed by atoms with Gasteiger partial charge in [-0.3, -0.25) is 0 Å². The zero-order valence-electron chi connectivity index (χ0n) is 10.7. The molecule has 0 amide bonds.